The molecule has 1 aromatic rings. The van der Waals surface area contributed by atoms with Gasteiger partial charge in [0.1, 0.15) is 17.2 Å². The molecule has 132 valence electrons. The van der Waals surface area contributed by atoms with Crippen LogP contribution in [0.5, 0.6) is 17.2 Å². The molecule has 0 atom stereocenters. The van der Waals surface area contributed by atoms with E-state index in [9.17, 15) is 0 Å². The first-order chi connectivity index (χ1) is 10.6. The Labute approximate surface area is 156 Å². The van der Waals surface area contributed by atoms with Crippen molar-refractivity contribution < 1.29 is 14.2 Å². The summed E-state index contributed by atoms with van der Waals surface area (Å²) in [6.07, 6.45) is 0.793. The molecule has 0 heterocycles. The monoisotopic (exact) mass is 437 g/mol. The summed E-state index contributed by atoms with van der Waals surface area (Å²) in [5.74, 6) is 2.72. The zero-order valence-corrected chi connectivity index (χ0v) is 16.7. The van der Waals surface area contributed by atoms with E-state index in [1.165, 1.54) is 0 Å². The van der Waals surface area contributed by atoms with Crippen molar-refractivity contribution in [2.75, 3.05) is 40.5 Å². The lowest BCUT2D eigenvalue weighted by Crippen LogP contribution is -2.37. The van der Waals surface area contributed by atoms with E-state index < -0.39 is 0 Å². The number of hydrogen-bond donors (Lipinski definition) is 1. The highest BCUT2D eigenvalue weighted by Crippen LogP contribution is 2.27. The van der Waals surface area contributed by atoms with Crippen LogP contribution in [0.25, 0.3) is 0 Å². The van der Waals surface area contributed by atoms with E-state index in [-0.39, 0.29) is 24.0 Å². The molecule has 23 heavy (non-hydrogen) atoms. The van der Waals surface area contributed by atoms with Gasteiger partial charge in [0.25, 0.3) is 0 Å². The zero-order valence-electron chi connectivity index (χ0n) is 14.4. The molecule has 1 rings (SSSR count). The molecule has 1 aromatic carbocycles. The Morgan fingerprint density at radius 1 is 1.04 bits per heavy atom. The van der Waals surface area contributed by atoms with Gasteiger partial charge in [0, 0.05) is 44.3 Å². The molecule has 0 aliphatic carbocycles. The fourth-order valence-electron chi connectivity index (χ4n) is 1.96. The number of nitrogens with two attached hydrogens (primary N) is 1. The van der Waals surface area contributed by atoms with Crippen LogP contribution < -0.4 is 19.9 Å². The fourth-order valence-corrected chi connectivity index (χ4v) is 1.96. The molecule has 0 spiro atoms. The van der Waals surface area contributed by atoms with Crippen molar-refractivity contribution in [1.29, 1.82) is 0 Å². The van der Waals surface area contributed by atoms with Gasteiger partial charge in [0.15, 0.2) is 5.96 Å². The largest absolute Gasteiger partial charge is 0.496 e. The van der Waals surface area contributed by atoms with E-state index in [4.69, 9.17) is 19.9 Å². The number of benzene rings is 1. The molecular formula is C16H28IN3O3. The summed E-state index contributed by atoms with van der Waals surface area (Å²) in [7, 11) is 3.23. The smallest absolute Gasteiger partial charge is 0.191 e. The van der Waals surface area contributed by atoms with Gasteiger partial charge < -0.3 is 24.8 Å². The minimum atomic E-state index is 0. The highest BCUT2D eigenvalue weighted by atomic mass is 127. The van der Waals surface area contributed by atoms with E-state index in [1.807, 2.05) is 23.1 Å². The molecule has 0 amide bonds. The number of nitrogens with zero attached hydrogens (tertiary/aromatic N) is 2. The Balaban J connectivity index is 0.00000484. The van der Waals surface area contributed by atoms with E-state index in [2.05, 4.69) is 18.8 Å². The predicted molar refractivity (Wildman–Crippen MR) is 104 cm³/mol. The van der Waals surface area contributed by atoms with Crippen molar-refractivity contribution in [1.82, 2.24) is 4.90 Å². The zero-order chi connectivity index (χ0) is 16.4. The number of methoxy groups -OCH3 is 2. The Morgan fingerprint density at radius 2 is 1.57 bits per heavy atom. The van der Waals surface area contributed by atoms with Crippen molar-refractivity contribution in [3.8, 4) is 17.2 Å². The van der Waals surface area contributed by atoms with Crippen molar-refractivity contribution in [3.63, 3.8) is 0 Å². The van der Waals surface area contributed by atoms with Crippen LogP contribution in [0.3, 0.4) is 0 Å². The first-order valence-corrected chi connectivity index (χ1v) is 7.55. The Kier molecular flexibility index (Phi) is 11.4. The van der Waals surface area contributed by atoms with Gasteiger partial charge in [-0.2, -0.15) is 0 Å². The first kappa shape index (κ1) is 21.6. The molecule has 0 radical (unpaired) electrons. The summed E-state index contributed by atoms with van der Waals surface area (Å²) in [4.78, 5) is 6.38. The lowest BCUT2D eigenvalue weighted by Gasteiger charge is -2.19. The predicted octanol–water partition coefficient (Wildman–Crippen LogP) is 2.75. The highest BCUT2D eigenvalue weighted by Gasteiger charge is 2.03. The van der Waals surface area contributed by atoms with Crippen LogP contribution in [0.4, 0.5) is 0 Å². The lowest BCUT2D eigenvalue weighted by atomic mass is 10.3. The maximum absolute atomic E-state index is 5.91. The van der Waals surface area contributed by atoms with E-state index in [0.29, 0.717) is 30.6 Å². The van der Waals surface area contributed by atoms with Crippen LogP contribution in [-0.2, 0) is 0 Å². The number of aliphatic imine (C=N–C) groups is 1. The van der Waals surface area contributed by atoms with Crippen molar-refractivity contribution in [2.45, 2.75) is 20.3 Å². The average Bonchev–Trinajstić information content (AvgIpc) is 2.55. The molecule has 7 heteroatoms. The average molecular weight is 437 g/mol. The quantitative estimate of drug-likeness (QED) is 0.279. The summed E-state index contributed by atoms with van der Waals surface area (Å²) in [5.41, 5.74) is 5.91. The van der Waals surface area contributed by atoms with Gasteiger partial charge in [0.05, 0.1) is 20.8 Å². The Morgan fingerprint density at radius 3 is 2.04 bits per heavy atom. The molecule has 0 unspecified atom stereocenters. The third kappa shape index (κ3) is 7.62. The van der Waals surface area contributed by atoms with Crippen LogP contribution in [0.1, 0.15) is 20.3 Å². The standard InChI is InChI=1S/C16H27N3O3.HI/c1-5-19(6-2)16(17)18-8-7-9-22-15-11-13(20-3)10-14(12-15)21-4;/h10-12H,5-9H2,1-4H3,(H2,17,18);1H. The van der Waals surface area contributed by atoms with E-state index >= 15 is 0 Å². The number of ether oxygens (including phenoxy) is 3. The molecule has 0 saturated carbocycles. The lowest BCUT2D eigenvalue weighted by molar-refractivity contribution is 0.307. The molecule has 6 nitrogen and oxygen atoms in total. The fraction of sp³-hybridized carbons (Fsp3) is 0.562. The van der Waals surface area contributed by atoms with Crippen LogP contribution in [0.15, 0.2) is 23.2 Å². The normalized spacial score (nSPS) is 10.7. The van der Waals surface area contributed by atoms with Gasteiger partial charge in [-0.3, -0.25) is 4.99 Å². The molecule has 0 fully saturated rings. The summed E-state index contributed by atoms with van der Waals surface area (Å²) in [5, 5.41) is 0. The number of guanidine groups is 1. The first-order valence-electron chi connectivity index (χ1n) is 7.55. The van der Waals surface area contributed by atoms with Gasteiger partial charge in [-0.05, 0) is 13.8 Å². The summed E-state index contributed by atoms with van der Waals surface area (Å²) in [6, 6.07) is 5.47. The molecule has 0 aliphatic heterocycles. The van der Waals surface area contributed by atoms with Crippen molar-refractivity contribution >= 4 is 29.9 Å². The van der Waals surface area contributed by atoms with Gasteiger partial charge in [-0.25, -0.2) is 0 Å². The SMILES string of the molecule is CCN(CC)C(N)=NCCCOc1cc(OC)cc(OC)c1.I. The number of halogens is 1. The van der Waals surface area contributed by atoms with Crippen LogP contribution in [0.2, 0.25) is 0 Å². The van der Waals surface area contributed by atoms with Crippen LogP contribution >= 0.6 is 24.0 Å². The van der Waals surface area contributed by atoms with Crippen molar-refractivity contribution in [3.05, 3.63) is 18.2 Å². The van der Waals surface area contributed by atoms with Gasteiger partial charge >= 0.3 is 0 Å². The highest BCUT2D eigenvalue weighted by molar-refractivity contribution is 14.0. The molecule has 0 aromatic heterocycles. The van der Waals surface area contributed by atoms with Crippen LogP contribution in [-0.4, -0.2) is 51.3 Å². The summed E-state index contributed by atoms with van der Waals surface area (Å²) < 4.78 is 16.1. The topological polar surface area (TPSA) is 69.3 Å². The molecule has 2 N–H and O–H groups in total. The second-order valence-corrected chi connectivity index (χ2v) is 4.66. The van der Waals surface area contributed by atoms with E-state index in [0.717, 1.165) is 25.3 Å². The van der Waals surface area contributed by atoms with Gasteiger partial charge in [-0.1, -0.05) is 0 Å². The number of rotatable bonds is 9. The molecule has 0 bridgehead atoms. The Bertz CT molecular complexity index is 457. The summed E-state index contributed by atoms with van der Waals surface area (Å²) >= 11 is 0. The maximum Gasteiger partial charge on any atom is 0.191 e. The van der Waals surface area contributed by atoms with Gasteiger partial charge in [-0.15, -0.1) is 24.0 Å². The second kappa shape index (κ2) is 12.1. The van der Waals surface area contributed by atoms with Gasteiger partial charge in [0.2, 0.25) is 0 Å². The second-order valence-electron chi connectivity index (χ2n) is 4.66. The molecule has 0 saturated heterocycles. The third-order valence-electron chi connectivity index (χ3n) is 3.26. The minimum absolute atomic E-state index is 0. The summed E-state index contributed by atoms with van der Waals surface area (Å²) in [6.45, 7) is 7.06. The van der Waals surface area contributed by atoms with Crippen molar-refractivity contribution in [2.24, 2.45) is 10.7 Å². The third-order valence-corrected chi connectivity index (χ3v) is 3.26. The maximum atomic E-state index is 5.91. The van der Waals surface area contributed by atoms with Crippen LogP contribution in [0, 0.1) is 0 Å². The van der Waals surface area contributed by atoms with E-state index in [1.54, 1.807) is 14.2 Å². The molecule has 0 aliphatic rings. The molecular weight excluding hydrogens is 409 g/mol. The minimum Gasteiger partial charge on any atom is -0.496 e. The Hall–Kier alpha value is -1.38. The number of hydrogen-bond acceptors (Lipinski definition) is 4.